The fourth-order valence-corrected chi connectivity index (χ4v) is 2.13. The second kappa shape index (κ2) is 3.27. The van der Waals surface area contributed by atoms with E-state index in [9.17, 15) is 0 Å². The lowest BCUT2D eigenvalue weighted by molar-refractivity contribution is 0.669. The molecule has 0 atom stereocenters. The molecule has 2 heteroatoms. The van der Waals surface area contributed by atoms with E-state index in [-0.39, 0.29) is 0 Å². The first-order chi connectivity index (χ1) is 7.77. The molecule has 2 nitrogen and oxygen atoms in total. The molecule has 0 bridgehead atoms. The Morgan fingerprint density at radius 1 is 0.875 bits per heavy atom. The van der Waals surface area contributed by atoms with Crippen molar-refractivity contribution in [1.82, 2.24) is 0 Å². The molecule has 3 rings (SSSR count). The summed E-state index contributed by atoms with van der Waals surface area (Å²) in [5.41, 5.74) is 3.10. The molecule has 1 heterocycles. The smallest absolute Gasteiger partial charge is 0.137 e. The molecule has 0 N–H and O–H groups in total. The third-order valence-corrected chi connectivity index (χ3v) is 2.86. The Kier molecular flexibility index (Phi) is 1.90. The molecule has 0 amide bonds. The summed E-state index contributed by atoms with van der Waals surface area (Å²) in [6.45, 7) is 0. The molecule has 0 saturated carbocycles. The van der Waals surface area contributed by atoms with Gasteiger partial charge in [-0.05, 0) is 18.2 Å². The highest BCUT2D eigenvalue weighted by Gasteiger charge is 2.10. The zero-order valence-corrected chi connectivity index (χ0v) is 9.40. The van der Waals surface area contributed by atoms with Crippen molar-refractivity contribution in [1.29, 1.82) is 0 Å². The molecule has 3 aromatic rings. The van der Waals surface area contributed by atoms with Gasteiger partial charge in [-0.3, -0.25) is 0 Å². The molecule has 80 valence electrons. The molecule has 0 aliphatic rings. The van der Waals surface area contributed by atoms with Crippen LogP contribution in [0, 0.1) is 0 Å². The van der Waals surface area contributed by atoms with Gasteiger partial charge in [0.2, 0.25) is 0 Å². The van der Waals surface area contributed by atoms with E-state index in [2.05, 4.69) is 31.1 Å². The predicted octanol–water partition coefficient (Wildman–Crippen LogP) is 3.65. The van der Waals surface area contributed by atoms with E-state index in [1.807, 2.05) is 30.3 Å². The Hall–Kier alpha value is -1.96. The minimum atomic E-state index is 0.951. The Bertz CT molecular complexity index is 652. The van der Waals surface area contributed by atoms with Crippen LogP contribution in [0.5, 0.6) is 0 Å². The molecule has 2 aromatic carbocycles. The van der Waals surface area contributed by atoms with Gasteiger partial charge in [0.15, 0.2) is 0 Å². The highest BCUT2D eigenvalue weighted by Crippen LogP contribution is 2.34. The van der Waals surface area contributed by atoms with Crippen LogP contribution < -0.4 is 4.90 Å². The molecule has 0 aliphatic carbocycles. The molecule has 16 heavy (non-hydrogen) atoms. The first-order valence-electron chi connectivity index (χ1n) is 5.35. The van der Waals surface area contributed by atoms with Gasteiger partial charge in [-0.2, -0.15) is 0 Å². The summed E-state index contributed by atoms with van der Waals surface area (Å²) < 4.78 is 5.82. The van der Waals surface area contributed by atoms with Crippen molar-refractivity contribution >= 4 is 27.6 Å². The van der Waals surface area contributed by atoms with Crippen LogP contribution in [0.25, 0.3) is 21.9 Å². The van der Waals surface area contributed by atoms with Crippen LogP contribution in [-0.4, -0.2) is 14.1 Å². The zero-order valence-electron chi connectivity index (χ0n) is 9.40. The van der Waals surface area contributed by atoms with E-state index in [0.717, 1.165) is 11.2 Å². The summed E-state index contributed by atoms with van der Waals surface area (Å²) in [5, 5.41) is 2.38. The van der Waals surface area contributed by atoms with E-state index >= 15 is 0 Å². The van der Waals surface area contributed by atoms with Gasteiger partial charge in [0.25, 0.3) is 0 Å². The van der Waals surface area contributed by atoms with E-state index in [0.29, 0.717) is 0 Å². The van der Waals surface area contributed by atoms with Crippen molar-refractivity contribution in [2.24, 2.45) is 0 Å². The summed E-state index contributed by atoms with van der Waals surface area (Å²) in [4.78, 5) is 2.12. The van der Waals surface area contributed by atoms with Crippen LogP contribution in [0.4, 0.5) is 5.69 Å². The number of benzene rings is 2. The summed E-state index contributed by atoms with van der Waals surface area (Å²) >= 11 is 0. The van der Waals surface area contributed by atoms with Gasteiger partial charge < -0.3 is 9.32 Å². The fraction of sp³-hybridized carbons (Fsp3) is 0.143. The predicted molar refractivity (Wildman–Crippen MR) is 68.0 cm³/mol. The first kappa shape index (κ1) is 9.28. The monoisotopic (exact) mass is 211 g/mol. The Labute approximate surface area is 94.1 Å². The van der Waals surface area contributed by atoms with Crippen LogP contribution >= 0.6 is 0 Å². The summed E-state index contributed by atoms with van der Waals surface area (Å²) in [6, 6.07) is 14.3. The second-order valence-electron chi connectivity index (χ2n) is 4.14. The highest BCUT2D eigenvalue weighted by molar-refractivity contribution is 6.11. The highest BCUT2D eigenvalue weighted by atomic mass is 16.3. The zero-order chi connectivity index (χ0) is 11.1. The third kappa shape index (κ3) is 1.20. The lowest BCUT2D eigenvalue weighted by atomic mass is 10.1. The van der Waals surface area contributed by atoms with Gasteiger partial charge in [0, 0.05) is 25.2 Å². The average Bonchev–Trinajstić information content (AvgIpc) is 2.66. The molecule has 0 saturated heterocycles. The number of hydrogen-bond donors (Lipinski definition) is 0. The van der Waals surface area contributed by atoms with Gasteiger partial charge in [-0.25, -0.2) is 0 Å². The van der Waals surface area contributed by atoms with Crippen molar-refractivity contribution in [3.63, 3.8) is 0 Å². The third-order valence-electron chi connectivity index (χ3n) is 2.86. The van der Waals surface area contributed by atoms with E-state index < -0.39 is 0 Å². The molecule has 0 spiro atoms. The molecule has 0 fully saturated rings. The molecular formula is C14H13NO. The lowest BCUT2D eigenvalue weighted by Crippen LogP contribution is -2.08. The maximum atomic E-state index is 5.82. The first-order valence-corrected chi connectivity index (χ1v) is 5.35. The Balaban J connectivity index is 2.53. The van der Waals surface area contributed by atoms with Gasteiger partial charge >= 0.3 is 0 Å². The molecule has 0 unspecified atom stereocenters. The van der Waals surface area contributed by atoms with Crippen LogP contribution in [-0.2, 0) is 0 Å². The van der Waals surface area contributed by atoms with Gasteiger partial charge in [0.05, 0.1) is 5.39 Å². The Morgan fingerprint density at radius 3 is 2.44 bits per heavy atom. The van der Waals surface area contributed by atoms with Crippen molar-refractivity contribution in [3.05, 3.63) is 42.5 Å². The van der Waals surface area contributed by atoms with Gasteiger partial charge in [-0.1, -0.05) is 24.3 Å². The second-order valence-corrected chi connectivity index (χ2v) is 4.14. The molecule has 1 aromatic heterocycles. The minimum Gasteiger partial charge on any atom is -0.456 e. The number of para-hydroxylation sites is 1. The van der Waals surface area contributed by atoms with Crippen molar-refractivity contribution in [3.8, 4) is 0 Å². The molecule has 0 aliphatic heterocycles. The normalized spacial score (nSPS) is 11.1. The summed E-state index contributed by atoms with van der Waals surface area (Å²) in [6.07, 6.45) is 0. The quantitative estimate of drug-likeness (QED) is 0.610. The molecule has 0 radical (unpaired) electrons. The van der Waals surface area contributed by atoms with Crippen LogP contribution in [0.3, 0.4) is 0 Å². The number of fused-ring (bicyclic) bond motifs is 3. The van der Waals surface area contributed by atoms with E-state index in [1.165, 1.54) is 16.5 Å². The minimum absolute atomic E-state index is 0.951. The van der Waals surface area contributed by atoms with E-state index in [1.54, 1.807) is 0 Å². The number of rotatable bonds is 1. The largest absolute Gasteiger partial charge is 0.456 e. The number of furan rings is 1. The average molecular weight is 211 g/mol. The number of anilines is 1. The van der Waals surface area contributed by atoms with Crippen molar-refractivity contribution < 1.29 is 4.42 Å². The standard InChI is InChI=1S/C14H13NO/c1-15(2)11-7-5-9-13-14(11)10-6-3-4-8-12(10)16-13/h3-9H,1-2H3. The summed E-state index contributed by atoms with van der Waals surface area (Å²) in [5.74, 6) is 0. The summed E-state index contributed by atoms with van der Waals surface area (Å²) in [7, 11) is 4.10. The van der Waals surface area contributed by atoms with Gasteiger partial charge in [0.1, 0.15) is 11.2 Å². The van der Waals surface area contributed by atoms with Crippen LogP contribution in [0.1, 0.15) is 0 Å². The van der Waals surface area contributed by atoms with Gasteiger partial charge in [-0.15, -0.1) is 0 Å². The van der Waals surface area contributed by atoms with Crippen LogP contribution in [0.15, 0.2) is 46.9 Å². The molecular weight excluding hydrogens is 198 g/mol. The van der Waals surface area contributed by atoms with Crippen LogP contribution in [0.2, 0.25) is 0 Å². The topological polar surface area (TPSA) is 16.4 Å². The van der Waals surface area contributed by atoms with Crippen molar-refractivity contribution in [2.45, 2.75) is 0 Å². The number of nitrogens with zero attached hydrogens (tertiary/aromatic N) is 1. The Morgan fingerprint density at radius 2 is 1.62 bits per heavy atom. The fourth-order valence-electron chi connectivity index (χ4n) is 2.13. The SMILES string of the molecule is CN(C)c1cccc2oc3ccccc3c12. The maximum absolute atomic E-state index is 5.82. The lowest BCUT2D eigenvalue weighted by Gasteiger charge is -2.13. The maximum Gasteiger partial charge on any atom is 0.137 e. The van der Waals surface area contributed by atoms with E-state index in [4.69, 9.17) is 4.42 Å². The van der Waals surface area contributed by atoms with Crippen molar-refractivity contribution in [2.75, 3.05) is 19.0 Å². The number of hydrogen-bond acceptors (Lipinski definition) is 2.